The van der Waals surface area contributed by atoms with E-state index in [0.29, 0.717) is 47.3 Å². The molecule has 0 saturated heterocycles. The van der Waals surface area contributed by atoms with E-state index in [9.17, 15) is 10.1 Å². The van der Waals surface area contributed by atoms with Crippen molar-refractivity contribution in [2.45, 2.75) is 39.0 Å². The minimum Gasteiger partial charge on any atom is -0.494 e. The SMILES string of the molecule is CCCCCOc1ccc(C2C(C#N)=C(N)Oc3cc(OC(=O)c4cccc(OCC)c4)ccc32)cc1OC. The number of rotatable bonds is 11. The monoisotopic (exact) mass is 528 g/mol. The second-order valence-electron chi connectivity index (χ2n) is 8.94. The number of carbonyl (C=O) groups excluding carboxylic acids is 1. The van der Waals surface area contributed by atoms with Crippen LogP contribution in [-0.2, 0) is 0 Å². The summed E-state index contributed by atoms with van der Waals surface area (Å²) in [6.45, 7) is 5.09. The second-order valence-corrected chi connectivity index (χ2v) is 8.94. The smallest absolute Gasteiger partial charge is 0.343 e. The van der Waals surface area contributed by atoms with Crippen LogP contribution in [0.25, 0.3) is 0 Å². The van der Waals surface area contributed by atoms with Gasteiger partial charge in [0.05, 0.1) is 31.8 Å². The number of nitrogens with zero attached hydrogens (tertiary/aromatic N) is 1. The van der Waals surface area contributed by atoms with Crippen molar-refractivity contribution < 1.29 is 28.5 Å². The summed E-state index contributed by atoms with van der Waals surface area (Å²) in [5.74, 6) is 1.40. The van der Waals surface area contributed by atoms with Gasteiger partial charge in [-0.2, -0.15) is 5.26 Å². The fourth-order valence-electron chi connectivity index (χ4n) is 4.40. The number of nitrogens with two attached hydrogens (primary N) is 1. The van der Waals surface area contributed by atoms with Gasteiger partial charge in [-0.05, 0) is 55.3 Å². The summed E-state index contributed by atoms with van der Waals surface area (Å²) in [6.07, 6.45) is 3.15. The highest BCUT2D eigenvalue weighted by Crippen LogP contribution is 2.45. The lowest BCUT2D eigenvalue weighted by molar-refractivity contribution is 0.0734. The molecule has 0 bridgehead atoms. The highest BCUT2D eigenvalue weighted by atomic mass is 16.5. The fourth-order valence-corrected chi connectivity index (χ4v) is 4.40. The van der Waals surface area contributed by atoms with Crippen molar-refractivity contribution in [3.63, 3.8) is 0 Å². The van der Waals surface area contributed by atoms with Crippen molar-refractivity contribution >= 4 is 5.97 Å². The summed E-state index contributed by atoms with van der Waals surface area (Å²) in [4.78, 5) is 12.8. The lowest BCUT2D eigenvalue weighted by atomic mass is 9.83. The fraction of sp³-hybridized carbons (Fsp3) is 0.290. The van der Waals surface area contributed by atoms with Crippen molar-refractivity contribution in [1.29, 1.82) is 5.26 Å². The van der Waals surface area contributed by atoms with E-state index in [2.05, 4.69) is 13.0 Å². The molecule has 4 rings (SSSR count). The number of esters is 1. The van der Waals surface area contributed by atoms with Gasteiger partial charge in [-0.1, -0.05) is 38.0 Å². The first-order chi connectivity index (χ1) is 19.0. The van der Waals surface area contributed by atoms with E-state index in [4.69, 9.17) is 29.4 Å². The van der Waals surface area contributed by atoms with Crippen LogP contribution in [-0.4, -0.2) is 26.3 Å². The number of ether oxygens (including phenoxy) is 5. The van der Waals surface area contributed by atoms with Crippen molar-refractivity contribution in [2.75, 3.05) is 20.3 Å². The number of fused-ring (bicyclic) bond motifs is 1. The average molecular weight is 529 g/mol. The largest absolute Gasteiger partial charge is 0.494 e. The van der Waals surface area contributed by atoms with Crippen LogP contribution in [0.3, 0.4) is 0 Å². The highest BCUT2D eigenvalue weighted by molar-refractivity contribution is 5.91. The number of nitriles is 1. The Hall–Kier alpha value is -4.64. The van der Waals surface area contributed by atoms with Gasteiger partial charge in [0.2, 0.25) is 5.88 Å². The molecule has 1 unspecified atom stereocenters. The molecule has 0 saturated carbocycles. The third kappa shape index (κ3) is 6.27. The van der Waals surface area contributed by atoms with E-state index in [0.717, 1.165) is 24.8 Å². The van der Waals surface area contributed by atoms with E-state index < -0.39 is 11.9 Å². The molecule has 0 aliphatic carbocycles. The molecule has 3 aromatic rings. The Bertz CT molecular complexity index is 1410. The van der Waals surface area contributed by atoms with Crippen molar-refractivity contribution in [3.8, 4) is 34.8 Å². The second kappa shape index (κ2) is 12.7. The van der Waals surface area contributed by atoms with Gasteiger partial charge >= 0.3 is 5.97 Å². The summed E-state index contributed by atoms with van der Waals surface area (Å²) < 4.78 is 28.4. The number of benzene rings is 3. The summed E-state index contributed by atoms with van der Waals surface area (Å²) in [5.41, 5.74) is 8.29. The van der Waals surface area contributed by atoms with E-state index in [1.165, 1.54) is 0 Å². The average Bonchev–Trinajstić information content (AvgIpc) is 2.95. The van der Waals surface area contributed by atoms with Gasteiger partial charge in [-0.15, -0.1) is 0 Å². The van der Waals surface area contributed by atoms with Crippen molar-refractivity contribution in [2.24, 2.45) is 5.73 Å². The normalized spacial score (nSPS) is 14.1. The Morgan fingerprint density at radius 1 is 1.00 bits per heavy atom. The van der Waals surface area contributed by atoms with Gasteiger partial charge in [-0.3, -0.25) is 0 Å². The van der Waals surface area contributed by atoms with Crippen LogP contribution >= 0.6 is 0 Å². The van der Waals surface area contributed by atoms with Gasteiger partial charge in [0.15, 0.2) is 11.5 Å². The van der Waals surface area contributed by atoms with E-state index in [-0.39, 0.29) is 17.2 Å². The molecule has 1 aliphatic rings. The third-order valence-electron chi connectivity index (χ3n) is 6.31. The summed E-state index contributed by atoms with van der Waals surface area (Å²) in [5, 5.41) is 9.92. The van der Waals surface area contributed by atoms with Crippen LogP contribution < -0.4 is 29.4 Å². The van der Waals surface area contributed by atoms with Gasteiger partial charge in [0.25, 0.3) is 0 Å². The molecule has 8 nitrogen and oxygen atoms in total. The lowest BCUT2D eigenvalue weighted by Gasteiger charge is -2.27. The van der Waals surface area contributed by atoms with Crippen LogP contribution in [0.4, 0.5) is 0 Å². The predicted molar refractivity (Wildman–Crippen MR) is 146 cm³/mol. The molecule has 2 N–H and O–H groups in total. The van der Waals surface area contributed by atoms with Gasteiger partial charge in [0, 0.05) is 11.6 Å². The third-order valence-corrected chi connectivity index (χ3v) is 6.31. The van der Waals surface area contributed by atoms with Crippen LogP contribution in [0.15, 0.2) is 72.1 Å². The van der Waals surface area contributed by atoms with E-state index >= 15 is 0 Å². The number of carbonyl (C=O) groups is 1. The van der Waals surface area contributed by atoms with Crippen molar-refractivity contribution in [3.05, 3.63) is 88.8 Å². The first-order valence-corrected chi connectivity index (χ1v) is 13.0. The predicted octanol–water partition coefficient (Wildman–Crippen LogP) is 6.10. The quantitative estimate of drug-likeness (QED) is 0.180. The number of hydrogen-bond acceptors (Lipinski definition) is 8. The first-order valence-electron chi connectivity index (χ1n) is 13.0. The topological polar surface area (TPSA) is 113 Å². The Morgan fingerprint density at radius 2 is 1.85 bits per heavy atom. The molecular weight excluding hydrogens is 496 g/mol. The summed E-state index contributed by atoms with van der Waals surface area (Å²) in [7, 11) is 1.58. The van der Waals surface area contributed by atoms with Crippen LogP contribution in [0.1, 0.15) is 60.5 Å². The standard InChI is InChI=1S/C31H32N2O6/c1-4-6-7-15-37-26-14-11-20(17-28(26)35-3)29-24-13-12-23(18-27(24)39-30(33)25(29)19-32)38-31(34)21-9-8-10-22(16-21)36-5-2/h8-14,16-18,29H,4-7,15,33H2,1-3H3. The molecule has 39 heavy (non-hydrogen) atoms. The Morgan fingerprint density at radius 3 is 2.59 bits per heavy atom. The summed E-state index contributed by atoms with van der Waals surface area (Å²) >= 11 is 0. The van der Waals surface area contributed by atoms with Crippen molar-refractivity contribution in [1.82, 2.24) is 0 Å². The lowest BCUT2D eigenvalue weighted by Crippen LogP contribution is -2.21. The summed E-state index contributed by atoms with van der Waals surface area (Å²) in [6, 6.07) is 19.6. The molecule has 3 aromatic carbocycles. The first kappa shape index (κ1) is 27.4. The number of methoxy groups -OCH3 is 1. The molecular formula is C31H32N2O6. The number of allylic oxidation sites excluding steroid dienone is 1. The molecule has 1 aliphatic heterocycles. The molecule has 8 heteroatoms. The number of unbranched alkanes of at least 4 members (excludes halogenated alkanes) is 2. The maximum absolute atomic E-state index is 12.8. The zero-order valence-electron chi connectivity index (χ0n) is 22.4. The van der Waals surface area contributed by atoms with E-state index in [1.807, 2.05) is 25.1 Å². The number of hydrogen-bond donors (Lipinski definition) is 1. The van der Waals surface area contributed by atoms with E-state index in [1.54, 1.807) is 49.6 Å². The molecule has 0 amide bonds. The molecule has 0 radical (unpaired) electrons. The maximum atomic E-state index is 12.8. The van der Waals surface area contributed by atoms with Crippen LogP contribution in [0.2, 0.25) is 0 Å². The minimum absolute atomic E-state index is 0.0123. The Balaban J connectivity index is 1.61. The molecule has 1 atom stereocenters. The van der Waals surface area contributed by atoms with Crippen LogP contribution in [0, 0.1) is 11.3 Å². The molecule has 0 spiro atoms. The van der Waals surface area contributed by atoms with Gasteiger partial charge in [0.1, 0.15) is 28.9 Å². The van der Waals surface area contributed by atoms with Crippen LogP contribution in [0.5, 0.6) is 28.7 Å². The zero-order chi connectivity index (χ0) is 27.8. The highest BCUT2D eigenvalue weighted by Gasteiger charge is 2.32. The van der Waals surface area contributed by atoms with Gasteiger partial charge in [-0.25, -0.2) is 4.79 Å². The minimum atomic E-state index is -0.538. The van der Waals surface area contributed by atoms with Gasteiger partial charge < -0.3 is 29.4 Å². The Kier molecular flexibility index (Phi) is 8.95. The Labute approximate surface area is 228 Å². The zero-order valence-corrected chi connectivity index (χ0v) is 22.4. The molecule has 0 fully saturated rings. The molecule has 202 valence electrons. The maximum Gasteiger partial charge on any atom is 0.343 e. The molecule has 1 heterocycles. The molecule has 0 aromatic heterocycles.